The Labute approximate surface area is 114 Å². The van der Waals surface area contributed by atoms with Crippen LogP contribution >= 0.6 is 11.8 Å². The van der Waals surface area contributed by atoms with E-state index in [2.05, 4.69) is 52.9 Å². The maximum atomic E-state index is 4.54. The fourth-order valence-electron chi connectivity index (χ4n) is 2.28. The van der Waals surface area contributed by atoms with Crippen LogP contribution in [0.2, 0.25) is 0 Å². The summed E-state index contributed by atoms with van der Waals surface area (Å²) in [6.45, 7) is 6.35. The van der Waals surface area contributed by atoms with Crippen LogP contribution in [0.5, 0.6) is 0 Å². The number of rotatable bonds is 5. The molecule has 1 aromatic rings. The first kappa shape index (κ1) is 13.5. The number of nitrogens with zero attached hydrogens (tertiary/aromatic N) is 2. The molecule has 0 unspecified atom stereocenters. The van der Waals surface area contributed by atoms with Gasteiger partial charge in [0.15, 0.2) is 0 Å². The summed E-state index contributed by atoms with van der Waals surface area (Å²) >= 11 is 2.06. The highest BCUT2D eigenvalue weighted by Crippen LogP contribution is 2.21. The summed E-state index contributed by atoms with van der Waals surface area (Å²) in [6, 6.07) is 4.90. The lowest BCUT2D eigenvalue weighted by Gasteiger charge is -2.24. The molecule has 3 nitrogen and oxygen atoms in total. The summed E-state index contributed by atoms with van der Waals surface area (Å²) in [6.07, 6.45) is 4.50. The van der Waals surface area contributed by atoms with Gasteiger partial charge >= 0.3 is 0 Å². The van der Waals surface area contributed by atoms with Crippen molar-refractivity contribution in [2.45, 2.75) is 32.7 Å². The Balaban J connectivity index is 1.94. The average Bonchev–Trinajstić information content (AvgIpc) is 2.43. The molecule has 0 radical (unpaired) electrons. The van der Waals surface area contributed by atoms with Crippen molar-refractivity contribution < 1.29 is 0 Å². The summed E-state index contributed by atoms with van der Waals surface area (Å²) in [7, 11) is 0. The molecule has 1 aromatic heterocycles. The molecule has 18 heavy (non-hydrogen) atoms. The van der Waals surface area contributed by atoms with Gasteiger partial charge in [-0.15, -0.1) is 0 Å². The van der Waals surface area contributed by atoms with Crippen molar-refractivity contribution in [1.29, 1.82) is 0 Å². The van der Waals surface area contributed by atoms with Gasteiger partial charge < -0.3 is 10.2 Å². The molecule has 1 aliphatic rings. The third kappa shape index (κ3) is 3.55. The quantitative estimate of drug-likeness (QED) is 0.884. The highest BCUT2D eigenvalue weighted by Gasteiger charge is 2.13. The maximum absolute atomic E-state index is 4.54. The Kier molecular flexibility index (Phi) is 5.17. The number of nitrogens with one attached hydrogen (secondary N) is 1. The Bertz CT molecular complexity index is 343. The second-order valence-electron chi connectivity index (χ2n) is 4.61. The summed E-state index contributed by atoms with van der Waals surface area (Å²) in [5.74, 6) is 3.63. The van der Waals surface area contributed by atoms with Gasteiger partial charge in [-0.2, -0.15) is 11.8 Å². The minimum Gasteiger partial charge on any atom is -0.381 e. The molecule has 0 saturated carbocycles. The summed E-state index contributed by atoms with van der Waals surface area (Å²) in [5, 5.41) is 3.59. The van der Waals surface area contributed by atoms with Crippen LogP contribution in [0.15, 0.2) is 18.3 Å². The highest BCUT2D eigenvalue weighted by atomic mass is 32.2. The lowest BCUT2D eigenvalue weighted by Crippen LogP contribution is -2.25. The second kappa shape index (κ2) is 6.88. The zero-order valence-corrected chi connectivity index (χ0v) is 12.2. The van der Waals surface area contributed by atoms with Gasteiger partial charge in [0, 0.05) is 19.1 Å². The standard InChI is InChI=1S/C14H23N3S/c1-3-17(4-2)14-6-5-13(11-15-14)16-12-7-9-18-10-8-12/h5-6,11-12,16H,3-4,7-10H2,1-2H3. The van der Waals surface area contributed by atoms with Crippen molar-refractivity contribution in [2.24, 2.45) is 0 Å². The number of thioether (sulfide) groups is 1. The molecule has 100 valence electrons. The minimum atomic E-state index is 0.632. The average molecular weight is 265 g/mol. The maximum Gasteiger partial charge on any atom is 0.128 e. The normalized spacial score (nSPS) is 16.6. The number of hydrogen-bond donors (Lipinski definition) is 1. The number of pyridine rings is 1. The molecular weight excluding hydrogens is 242 g/mol. The predicted octanol–water partition coefficient (Wildman–Crippen LogP) is 3.24. The van der Waals surface area contributed by atoms with Gasteiger partial charge in [0.1, 0.15) is 5.82 Å². The van der Waals surface area contributed by atoms with E-state index in [-0.39, 0.29) is 0 Å². The zero-order chi connectivity index (χ0) is 12.8. The van der Waals surface area contributed by atoms with Crippen molar-refractivity contribution in [3.05, 3.63) is 18.3 Å². The molecule has 2 rings (SSSR count). The molecule has 1 saturated heterocycles. The Morgan fingerprint density at radius 2 is 2.00 bits per heavy atom. The first-order valence-electron chi connectivity index (χ1n) is 6.88. The van der Waals surface area contributed by atoms with E-state index in [1.54, 1.807) is 0 Å². The number of anilines is 2. The molecule has 0 atom stereocenters. The molecule has 0 aromatic carbocycles. The van der Waals surface area contributed by atoms with Crippen LogP contribution in [0.4, 0.5) is 11.5 Å². The fourth-order valence-corrected chi connectivity index (χ4v) is 3.39. The van der Waals surface area contributed by atoms with E-state index >= 15 is 0 Å². The molecule has 1 aliphatic heterocycles. The van der Waals surface area contributed by atoms with Crippen LogP contribution in [-0.2, 0) is 0 Å². The van der Waals surface area contributed by atoms with Crippen LogP contribution in [0, 0.1) is 0 Å². The summed E-state index contributed by atoms with van der Waals surface area (Å²) in [4.78, 5) is 6.81. The van der Waals surface area contributed by atoms with Crippen molar-refractivity contribution in [2.75, 3.05) is 34.8 Å². The van der Waals surface area contributed by atoms with Gasteiger partial charge in [-0.25, -0.2) is 4.98 Å². The molecule has 0 bridgehead atoms. The Morgan fingerprint density at radius 3 is 2.56 bits per heavy atom. The fraction of sp³-hybridized carbons (Fsp3) is 0.643. The zero-order valence-electron chi connectivity index (χ0n) is 11.4. The minimum absolute atomic E-state index is 0.632. The van der Waals surface area contributed by atoms with E-state index in [9.17, 15) is 0 Å². The van der Waals surface area contributed by atoms with Crippen molar-refractivity contribution in [3.8, 4) is 0 Å². The first-order chi connectivity index (χ1) is 8.83. The van der Waals surface area contributed by atoms with Crippen LogP contribution in [0.1, 0.15) is 26.7 Å². The van der Waals surface area contributed by atoms with Crippen LogP contribution < -0.4 is 10.2 Å². The van der Waals surface area contributed by atoms with Gasteiger partial charge in [0.05, 0.1) is 11.9 Å². The van der Waals surface area contributed by atoms with Crippen LogP contribution in [0.25, 0.3) is 0 Å². The number of hydrogen-bond acceptors (Lipinski definition) is 4. The van der Waals surface area contributed by atoms with Gasteiger partial charge in [-0.05, 0) is 50.3 Å². The van der Waals surface area contributed by atoms with Crippen molar-refractivity contribution in [1.82, 2.24) is 4.98 Å². The first-order valence-corrected chi connectivity index (χ1v) is 8.04. The SMILES string of the molecule is CCN(CC)c1ccc(NC2CCSCC2)cn1. The lowest BCUT2D eigenvalue weighted by atomic mass is 10.1. The van der Waals surface area contributed by atoms with Gasteiger partial charge in [0.25, 0.3) is 0 Å². The number of aromatic nitrogens is 1. The molecule has 0 aliphatic carbocycles. The van der Waals surface area contributed by atoms with Crippen molar-refractivity contribution in [3.63, 3.8) is 0 Å². The van der Waals surface area contributed by atoms with E-state index in [4.69, 9.17) is 0 Å². The van der Waals surface area contributed by atoms with Gasteiger partial charge in [-0.1, -0.05) is 0 Å². The third-order valence-electron chi connectivity index (χ3n) is 3.43. The summed E-state index contributed by atoms with van der Waals surface area (Å²) in [5.41, 5.74) is 1.16. The molecule has 2 heterocycles. The molecule has 1 fully saturated rings. The Hall–Kier alpha value is -0.900. The molecule has 0 amide bonds. The summed E-state index contributed by atoms with van der Waals surface area (Å²) < 4.78 is 0. The topological polar surface area (TPSA) is 28.2 Å². The van der Waals surface area contributed by atoms with E-state index < -0.39 is 0 Å². The van der Waals surface area contributed by atoms with E-state index in [0.29, 0.717) is 6.04 Å². The van der Waals surface area contributed by atoms with Crippen LogP contribution in [0.3, 0.4) is 0 Å². The smallest absolute Gasteiger partial charge is 0.128 e. The van der Waals surface area contributed by atoms with E-state index in [0.717, 1.165) is 24.6 Å². The van der Waals surface area contributed by atoms with E-state index in [1.165, 1.54) is 24.3 Å². The lowest BCUT2D eigenvalue weighted by molar-refractivity contribution is 0.666. The molecule has 0 spiro atoms. The van der Waals surface area contributed by atoms with Crippen molar-refractivity contribution >= 4 is 23.3 Å². The predicted molar refractivity (Wildman–Crippen MR) is 81.8 cm³/mol. The molecule has 1 N–H and O–H groups in total. The van der Waals surface area contributed by atoms with E-state index in [1.807, 2.05) is 6.20 Å². The third-order valence-corrected chi connectivity index (χ3v) is 4.48. The highest BCUT2D eigenvalue weighted by molar-refractivity contribution is 7.99. The van der Waals surface area contributed by atoms with Gasteiger partial charge in [-0.3, -0.25) is 0 Å². The second-order valence-corrected chi connectivity index (χ2v) is 5.83. The molecule has 4 heteroatoms. The molecular formula is C14H23N3S. The largest absolute Gasteiger partial charge is 0.381 e. The van der Waals surface area contributed by atoms with Gasteiger partial charge in [0.2, 0.25) is 0 Å². The van der Waals surface area contributed by atoms with Crippen LogP contribution in [-0.4, -0.2) is 35.6 Å². The monoisotopic (exact) mass is 265 g/mol. The Morgan fingerprint density at radius 1 is 1.28 bits per heavy atom.